The monoisotopic (exact) mass is 356 g/mol. The van der Waals surface area contributed by atoms with Crippen LogP contribution in [0.2, 0.25) is 0 Å². The molecule has 2 aromatic carbocycles. The zero-order chi connectivity index (χ0) is 19.3. The minimum atomic E-state index is -1.48. The number of hydrogen-bond donors (Lipinski definition) is 3. The number of aromatic hydroxyl groups is 1. The molecule has 0 fully saturated rings. The van der Waals surface area contributed by atoms with Gasteiger partial charge in [0.15, 0.2) is 11.8 Å². The van der Waals surface area contributed by atoms with Crippen molar-refractivity contribution >= 4 is 17.6 Å². The van der Waals surface area contributed by atoms with Gasteiger partial charge in [0.25, 0.3) is 5.91 Å². The van der Waals surface area contributed by atoms with E-state index in [4.69, 9.17) is 5.11 Å². The van der Waals surface area contributed by atoms with Crippen LogP contribution in [0, 0.1) is 0 Å². The molecule has 7 nitrogen and oxygen atoms in total. The molecule has 1 atom stereocenters. The van der Waals surface area contributed by atoms with Crippen LogP contribution < -0.4 is 5.32 Å². The lowest BCUT2D eigenvalue weighted by molar-refractivity contribution is -0.135. The number of benzene rings is 2. The minimum absolute atomic E-state index is 0.0492. The number of phenols is 1. The maximum atomic E-state index is 12.6. The molecule has 0 saturated heterocycles. The van der Waals surface area contributed by atoms with E-state index in [-0.39, 0.29) is 11.3 Å². The molecule has 3 N–H and O–H groups in total. The smallest absolute Gasteiger partial charge is 0.258 e. The van der Waals surface area contributed by atoms with Gasteiger partial charge in [-0.3, -0.25) is 14.4 Å². The molecule has 136 valence electrons. The van der Waals surface area contributed by atoms with Crippen molar-refractivity contribution in [2.75, 3.05) is 20.7 Å². The average molecular weight is 356 g/mol. The number of amides is 2. The summed E-state index contributed by atoms with van der Waals surface area (Å²) in [6, 6.07) is 12.4. The van der Waals surface area contributed by atoms with Crippen molar-refractivity contribution in [2.24, 2.45) is 0 Å². The third-order valence-corrected chi connectivity index (χ3v) is 4.00. The van der Waals surface area contributed by atoms with Crippen LogP contribution in [0.15, 0.2) is 48.5 Å². The molecule has 26 heavy (non-hydrogen) atoms. The van der Waals surface area contributed by atoms with E-state index in [0.717, 1.165) is 16.0 Å². The van der Waals surface area contributed by atoms with Gasteiger partial charge in [0, 0.05) is 14.1 Å². The van der Waals surface area contributed by atoms with Crippen LogP contribution in [0.4, 0.5) is 0 Å². The molecule has 1 unspecified atom stereocenters. The van der Waals surface area contributed by atoms with E-state index in [1.54, 1.807) is 6.07 Å². The first-order chi connectivity index (χ1) is 12.4. The van der Waals surface area contributed by atoms with Gasteiger partial charge in [0.05, 0.1) is 5.56 Å². The molecular formula is C19H20N2O5. The topological polar surface area (TPSA) is 107 Å². The van der Waals surface area contributed by atoms with E-state index in [0.29, 0.717) is 0 Å². The van der Waals surface area contributed by atoms with Gasteiger partial charge >= 0.3 is 0 Å². The van der Waals surface area contributed by atoms with Gasteiger partial charge in [-0.05, 0) is 23.3 Å². The number of carbonyl (C=O) groups excluding carboxylic acids is 3. The summed E-state index contributed by atoms with van der Waals surface area (Å²) in [5, 5.41) is 21.6. The Bertz CT molecular complexity index is 804. The lowest BCUT2D eigenvalue weighted by Gasteiger charge is -2.25. The molecule has 2 aromatic rings. The summed E-state index contributed by atoms with van der Waals surface area (Å²) in [6.45, 7) is -0.880. The number of phenolic OH excluding ortho intramolecular Hbond substituents is 1. The number of rotatable bonds is 6. The Morgan fingerprint density at radius 1 is 1.08 bits per heavy atom. The summed E-state index contributed by atoms with van der Waals surface area (Å²) in [5.41, 5.74) is 1.54. The van der Waals surface area contributed by atoms with Crippen molar-refractivity contribution in [3.8, 4) is 16.9 Å². The van der Waals surface area contributed by atoms with E-state index in [9.17, 15) is 19.5 Å². The van der Waals surface area contributed by atoms with Crippen LogP contribution in [-0.4, -0.2) is 59.5 Å². The zero-order valence-electron chi connectivity index (χ0n) is 14.5. The normalized spacial score (nSPS) is 11.5. The molecule has 0 radical (unpaired) electrons. The Labute approximate surface area is 150 Å². The molecule has 0 aliphatic rings. The summed E-state index contributed by atoms with van der Waals surface area (Å²) in [7, 11) is 2.59. The fourth-order valence-corrected chi connectivity index (χ4v) is 2.59. The maximum absolute atomic E-state index is 12.6. The number of nitrogens with zero attached hydrogens (tertiary/aromatic N) is 1. The van der Waals surface area contributed by atoms with Gasteiger partial charge in [-0.2, -0.15) is 0 Å². The van der Waals surface area contributed by atoms with E-state index in [1.807, 2.05) is 30.3 Å². The van der Waals surface area contributed by atoms with Crippen molar-refractivity contribution in [3.05, 3.63) is 54.1 Å². The highest BCUT2D eigenvalue weighted by Crippen LogP contribution is 2.27. The second-order valence-electron chi connectivity index (χ2n) is 5.66. The Morgan fingerprint density at radius 3 is 2.27 bits per heavy atom. The summed E-state index contributed by atoms with van der Waals surface area (Å²) in [6.07, 6.45) is 0. The van der Waals surface area contributed by atoms with Gasteiger partial charge < -0.3 is 20.4 Å². The van der Waals surface area contributed by atoms with Crippen molar-refractivity contribution in [2.45, 2.75) is 6.04 Å². The van der Waals surface area contributed by atoms with Crippen LogP contribution in [-0.2, 0) is 9.59 Å². The van der Waals surface area contributed by atoms with E-state index < -0.39 is 30.2 Å². The Hall–Kier alpha value is -3.19. The third kappa shape index (κ3) is 3.89. The highest BCUT2D eigenvalue weighted by atomic mass is 16.3. The number of carbonyl (C=O) groups is 3. The van der Waals surface area contributed by atoms with Crippen LogP contribution in [0.5, 0.6) is 5.75 Å². The molecular weight excluding hydrogens is 336 g/mol. The zero-order valence-corrected chi connectivity index (χ0v) is 14.5. The number of aliphatic hydroxyl groups excluding tert-OH is 1. The summed E-state index contributed by atoms with van der Waals surface area (Å²) < 4.78 is 0. The molecule has 2 amide bonds. The summed E-state index contributed by atoms with van der Waals surface area (Å²) in [5.74, 6) is -2.52. The summed E-state index contributed by atoms with van der Waals surface area (Å²) >= 11 is 0. The SMILES string of the molecule is CNC(=O)C(C(=O)CO)N(C)C(=O)c1ccc(-c2ccccc2)cc1O. The highest BCUT2D eigenvalue weighted by molar-refractivity contribution is 6.10. The molecule has 0 aliphatic heterocycles. The molecule has 0 saturated carbocycles. The molecule has 2 rings (SSSR count). The van der Waals surface area contributed by atoms with Gasteiger partial charge in [-0.1, -0.05) is 36.4 Å². The summed E-state index contributed by atoms with van der Waals surface area (Å²) in [4.78, 5) is 37.3. The third-order valence-electron chi connectivity index (χ3n) is 4.00. The lowest BCUT2D eigenvalue weighted by Crippen LogP contribution is -2.52. The minimum Gasteiger partial charge on any atom is -0.507 e. The van der Waals surface area contributed by atoms with Crippen LogP contribution in [0.1, 0.15) is 10.4 Å². The maximum Gasteiger partial charge on any atom is 0.258 e. The number of likely N-dealkylation sites (N-methyl/N-ethyl adjacent to an activating group) is 2. The van der Waals surface area contributed by atoms with Crippen molar-refractivity contribution in [1.82, 2.24) is 10.2 Å². The van der Waals surface area contributed by atoms with Gasteiger partial charge in [-0.25, -0.2) is 0 Å². The van der Waals surface area contributed by atoms with Crippen molar-refractivity contribution in [1.29, 1.82) is 0 Å². The molecule has 0 spiro atoms. The predicted molar refractivity (Wildman–Crippen MR) is 95.6 cm³/mol. The number of aliphatic hydroxyl groups is 1. The molecule has 0 aromatic heterocycles. The van der Waals surface area contributed by atoms with E-state index in [1.165, 1.54) is 26.2 Å². The van der Waals surface area contributed by atoms with E-state index >= 15 is 0 Å². The first-order valence-corrected chi connectivity index (χ1v) is 7.91. The number of Topliss-reactive ketones (excluding diaryl/α,β-unsaturated/α-hetero) is 1. The fourth-order valence-electron chi connectivity index (χ4n) is 2.59. The number of nitrogens with one attached hydrogen (secondary N) is 1. The molecule has 0 heterocycles. The highest BCUT2D eigenvalue weighted by Gasteiger charge is 2.33. The largest absolute Gasteiger partial charge is 0.507 e. The number of ketones is 1. The Balaban J connectivity index is 2.33. The molecule has 7 heteroatoms. The van der Waals surface area contributed by atoms with Crippen LogP contribution in [0.25, 0.3) is 11.1 Å². The van der Waals surface area contributed by atoms with Crippen molar-refractivity contribution < 1.29 is 24.6 Å². The van der Waals surface area contributed by atoms with Gasteiger partial charge in [0.2, 0.25) is 5.91 Å². The second kappa shape index (κ2) is 8.26. The standard InChI is InChI=1S/C19H20N2O5/c1-20-18(25)17(16(24)11-22)21(2)19(26)14-9-8-13(10-15(14)23)12-6-4-3-5-7-12/h3-10,17,22-23H,11H2,1-2H3,(H,20,25). The van der Waals surface area contributed by atoms with E-state index in [2.05, 4.69) is 5.32 Å². The average Bonchev–Trinajstić information content (AvgIpc) is 2.67. The first kappa shape index (κ1) is 19.1. The molecule has 0 bridgehead atoms. The fraction of sp³-hybridized carbons (Fsp3) is 0.211. The lowest BCUT2D eigenvalue weighted by atomic mass is 10.0. The van der Waals surface area contributed by atoms with Gasteiger partial charge in [-0.15, -0.1) is 0 Å². The van der Waals surface area contributed by atoms with Crippen LogP contribution in [0.3, 0.4) is 0 Å². The van der Waals surface area contributed by atoms with Crippen LogP contribution >= 0.6 is 0 Å². The quantitative estimate of drug-likeness (QED) is 0.664. The van der Waals surface area contributed by atoms with Crippen molar-refractivity contribution in [3.63, 3.8) is 0 Å². The Morgan fingerprint density at radius 2 is 1.73 bits per heavy atom. The second-order valence-corrected chi connectivity index (χ2v) is 5.66. The Kier molecular flexibility index (Phi) is 6.08. The first-order valence-electron chi connectivity index (χ1n) is 7.91. The molecule has 0 aliphatic carbocycles. The predicted octanol–water partition coefficient (Wildman–Crippen LogP) is 0.807. The van der Waals surface area contributed by atoms with Gasteiger partial charge in [0.1, 0.15) is 12.4 Å². The number of hydrogen-bond acceptors (Lipinski definition) is 5.